The lowest BCUT2D eigenvalue weighted by Crippen LogP contribution is -2.47. The van der Waals surface area contributed by atoms with Crippen LogP contribution in [0.3, 0.4) is 0 Å². The fourth-order valence-corrected chi connectivity index (χ4v) is 3.30. The quantitative estimate of drug-likeness (QED) is 0.537. The zero-order valence-corrected chi connectivity index (χ0v) is 15.4. The van der Waals surface area contributed by atoms with Gasteiger partial charge in [0.2, 0.25) is 17.7 Å². The Balaban J connectivity index is 1.33. The van der Waals surface area contributed by atoms with Crippen molar-refractivity contribution < 1.29 is 4.42 Å². The predicted octanol–water partition coefficient (Wildman–Crippen LogP) is 0.417. The Labute approximate surface area is 160 Å². The molecule has 0 bridgehead atoms. The summed E-state index contributed by atoms with van der Waals surface area (Å²) in [6.45, 7) is 4.23. The molecule has 0 saturated carbocycles. The molecule has 5 heterocycles. The number of furan rings is 1. The zero-order chi connectivity index (χ0) is 19.1. The number of anilines is 2. The van der Waals surface area contributed by atoms with E-state index in [-0.39, 0.29) is 5.95 Å². The molecule has 11 nitrogen and oxygen atoms in total. The van der Waals surface area contributed by atoms with Crippen molar-refractivity contribution in [3.8, 4) is 11.6 Å². The number of hydrogen-bond donors (Lipinski definition) is 1. The number of nitrogens with zero attached hydrogens (tertiary/aromatic N) is 9. The third kappa shape index (κ3) is 2.95. The van der Waals surface area contributed by atoms with E-state index in [0.29, 0.717) is 23.3 Å². The van der Waals surface area contributed by atoms with Gasteiger partial charge in [-0.15, -0.1) is 5.10 Å². The minimum absolute atomic E-state index is 0.251. The van der Waals surface area contributed by atoms with E-state index in [1.807, 2.05) is 24.0 Å². The summed E-state index contributed by atoms with van der Waals surface area (Å²) in [6.07, 6.45) is 5.37. The molecule has 0 unspecified atom stereocenters. The molecule has 1 saturated heterocycles. The third-order valence-corrected chi connectivity index (χ3v) is 4.90. The summed E-state index contributed by atoms with van der Waals surface area (Å²) in [5, 5.41) is 4.33. The molecule has 1 aliphatic heterocycles. The molecule has 144 valence electrons. The van der Waals surface area contributed by atoms with Crippen molar-refractivity contribution in [1.29, 1.82) is 0 Å². The molecule has 1 fully saturated rings. The summed E-state index contributed by atoms with van der Waals surface area (Å²) >= 11 is 0. The van der Waals surface area contributed by atoms with E-state index in [4.69, 9.17) is 10.2 Å². The molecule has 0 atom stereocenters. The highest BCUT2D eigenvalue weighted by molar-refractivity contribution is 5.53. The molecule has 5 rings (SSSR count). The molecule has 2 N–H and O–H groups in total. The number of hydrogen-bond acceptors (Lipinski definition) is 9. The Morgan fingerprint density at radius 2 is 2.00 bits per heavy atom. The molecule has 0 radical (unpaired) electrons. The van der Waals surface area contributed by atoms with Crippen molar-refractivity contribution >= 4 is 17.7 Å². The fourth-order valence-electron chi connectivity index (χ4n) is 3.30. The molecule has 28 heavy (non-hydrogen) atoms. The van der Waals surface area contributed by atoms with Crippen LogP contribution in [0.1, 0.15) is 5.82 Å². The van der Waals surface area contributed by atoms with Crippen LogP contribution in [-0.2, 0) is 13.6 Å². The average molecular weight is 380 g/mol. The van der Waals surface area contributed by atoms with E-state index in [0.717, 1.165) is 38.5 Å². The first-order chi connectivity index (χ1) is 13.7. The molecule has 0 amide bonds. The summed E-state index contributed by atoms with van der Waals surface area (Å²) in [5.41, 5.74) is 6.10. The average Bonchev–Trinajstić information content (AvgIpc) is 3.43. The second-order valence-corrected chi connectivity index (χ2v) is 6.72. The standard InChI is InChI=1S/C17H20N10O/c1-24-5-4-19-13(24)11-25-6-8-26(9-7-25)16-21-15(18)27-17(22-16)20-14(23-27)12-3-2-10-28-12/h2-5,10H,6-9,11H2,1H3,(H2,18,20,21,22,23). The lowest BCUT2D eigenvalue weighted by Gasteiger charge is -2.34. The van der Waals surface area contributed by atoms with E-state index in [2.05, 4.69) is 34.8 Å². The van der Waals surface area contributed by atoms with Gasteiger partial charge in [-0.3, -0.25) is 4.90 Å². The van der Waals surface area contributed by atoms with Crippen LogP contribution in [0.5, 0.6) is 0 Å². The van der Waals surface area contributed by atoms with E-state index >= 15 is 0 Å². The number of imidazole rings is 1. The highest BCUT2D eigenvalue weighted by atomic mass is 16.3. The van der Waals surface area contributed by atoms with Crippen molar-refractivity contribution in [3.05, 3.63) is 36.6 Å². The number of rotatable bonds is 4. The van der Waals surface area contributed by atoms with Gasteiger partial charge in [-0.1, -0.05) is 0 Å². The second-order valence-electron chi connectivity index (χ2n) is 6.72. The molecular formula is C17H20N10O. The Hall–Kier alpha value is -3.47. The first-order valence-corrected chi connectivity index (χ1v) is 9.05. The number of aromatic nitrogens is 7. The highest BCUT2D eigenvalue weighted by Gasteiger charge is 2.22. The molecule has 4 aromatic rings. The monoisotopic (exact) mass is 380 g/mol. The molecule has 1 aliphatic rings. The van der Waals surface area contributed by atoms with Crippen molar-refractivity contribution in [2.45, 2.75) is 6.54 Å². The van der Waals surface area contributed by atoms with E-state index in [1.54, 1.807) is 18.4 Å². The minimum atomic E-state index is 0.251. The fraction of sp³-hybridized carbons (Fsp3) is 0.353. The van der Waals surface area contributed by atoms with E-state index < -0.39 is 0 Å². The lowest BCUT2D eigenvalue weighted by molar-refractivity contribution is 0.241. The molecular weight excluding hydrogens is 360 g/mol. The first-order valence-electron chi connectivity index (χ1n) is 9.05. The smallest absolute Gasteiger partial charge is 0.259 e. The summed E-state index contributed by atoms with van der Waals surface area (Å²) in [5.74, 6) is 3.28. The van der Waals surface area contributed by atoms with Crippen LogP contribution in [0.25, 0.3) is 17.4 Å². The number of fused-ring (bicyclic) bond motifs is 1. The number of nitrogens with two attached hydrogens (primary N) is 1. The Kier molecular flexibility index (Phi) is 3.93. The number of nitrogen functional groups attached to an aromatic ring is 1. The van der Waals surface area contributed by atoms with Gasteiger partial charge in [0.1, 0.15) is 5.82 Å². The Morgan fingerprint density at radius 3 is 2.71 bits per heavy atom. The lowest BCUT2D eigenvalue weighted by atomic mass is 10.3. The van der Waals surface area contributed by atoms with Crippen LogP contribution in [0, 0.1) is 0 Å². The molecule has 11 heteroatoms. The largest absolute Gasteiger partial charge is 0.461 e. The topological polar surface area (TPSA) is 119 Å². The molecule has 0 aromatic carbocycles. The zero-order valence-electron chi connectivity index (χ0n) is 15.4. The van der Waals surface area contributed by atoms with Gasteiger partial charge in [0.25, 0.3) is 5.78 Å². The van der Waals surface area contributed by atoms with E-state index in [1.165, 1.54) is 4.52 Å². The predicted molar refractivity (Wildman–Crippen MR) is 101 cm³/mol. The highest BCUT2D eigenvalue weighted by Crippen LogP contribution is 2.19. The summed E-state index contributed by atoms with van der Waals surface area (Å²) in [6, 6.07) is 3.58. The molecule has 0 spiro atoms. The van der Waals surface area contributed by atoms with Gasteiger partial charge in [0, 0.05) is 45.6 Å². The van der Waals surface area contributed by atoms with Crippen molar-refractivity contribution in [1.82, 2.24) is 39.0 Å². The van der Waals surface area contributed by atoms with Gasteiger partial charge in [-0.2, -0.15) is 19.5 Å². The van der Waals surface area contributed by atoms with Crippen molar-refractivity contribution in [2.24, 2.45) is 7.05 Å². The van der Waals surface area contributed by atoms with Crippen LogP contribution in [-0.4, -0.2) is 65.2 Å². The summed E-state index contributed by atoms with van der Waals surface area (Å²) < 4.78 is 8.83. The van der Waals surface area contributed by atoms with Crippen LogP contribution in [0.2, 0.25) is 0 Å². The van der Waals surface area contributed by atoms with Crippen LogP contribution in [0.15, 0.2) is 35.2 Å². The molecule has 0 aliphatic carbocycles. The van der Waals surface area contributed by atoms with Gasteiger partial charge >= 0.3 is 0 Å². The number of aryl methyl sites for hydroxylation is 1. The number of piperazine rings is 1. The Bertz CT molecular complexity index is 1090. The van der Waals surface area contributed by atoms with Crippen LogP contribution in [0.4, 0.5) is 11.9 Å². The first kappa shape index (κ1) is 16.7. The summed E-state index contributed by atoms with van der Waals surface area (Å²) in [7, 11) is 2.01. The van der Waals surface area contributed by atoms with Gasteiger partial charge in [0.15, 0.2) is 5.76 Å². The minimum Gasteiger partial charge on any atom is -0.461 e. The van der Waals surface area contributed by atoms with E-state index in [9.17, 15) is 0 Å². The van der Waals surface area contributed by atoms with Crippen LogP contribution < -0.4 is 10.6 Å². The maximum absolute atomic E-state index is 6.10. The van der Waals surface area contributed by atoms with Gasteiger partial charge < -0.3 is 19.6 Å². The SMILES string of the molecule is Cn1ccnc1CN1CCN(c2nc(N)n3nc(-c4ccco4)nc3n2)CC1. The van der Waals surface area contributed by atoms with Crippen LogP contribution >= 0.6 is 0 Å². The van der Waals surface area contributed by atoms with Gasteiger partial charge in [-0.25, -0.2) is 4.98 Å². The van der Waals surface area contributed by atoms with Crippen molar-refractivity contribution in [3.63, 3.8) is 0 Å². The van der Waals surface area contributed by atoms with Gasteiger partial charge in [0.05, 0.1) is 12.8 Å². The van der Waals surface area contributed by atoms with Crippen molar-refractivity contribution in [2.75, 3.05) is 36.8 Å². The third-order valence-electron chi connectivity index (χ3n) is 4.90. The maximum atomic E-state index is 6.10. The maximum Gasteiger partial charge on any atom is 0.259 e. The Morgan fingerprint density at radius 1 is 1.14 bits per heavy atom. The second kappa shape index (κ2) is 6.60. The molecule has 4 aromatic heterocycles. The summed E-state index contributed by atoms with van der Waals surface area (Å²) in [4.78, 5) is 22.3. The van der Waals surface area contributed by atoms with Gasteiger partial charge in [-0.05, 0) is 12.1 Å². The normalized spacial score (nSPS) is 15.5.